The van der Waals surface area contributed by atoms with E-state index in [1.54, 1.807) is 6.07 Å². The van der Waals surface area contributed by atoms with Crippen molar-refractivity contribution in [3.05, 3.63) is 51.5 Å². The van der Waals surface area contributed by atoms with Crippen LogP contribution in [0.3, 0.4) is 0 Å². The monoisotopic (exact) mass is 288 g/mol. The first-order valence-corrected chi connectivity index (χ1v) is 7.52. The van der Waals surface area contributed by atoms with Crippen LogP contribution in [0.4, 0.5) is 0 Å². The maximum atomic E-state index is 11.2. The van der Waals surface area contributed by atoms with Gasteiger partial charge in [-0.25, -0.2) is 9.78 Å². The first kappa shape index (κ1) is 13.3. The second-order valence-electron chi connectivity index (χ2n) is 5.01. The number of aromatic carboxylic acids is 1. The van der Waals surface area contributed by atoms with Gasteiger partial charge in [0.25, 0.3) is 0 Å². The zero-order valence-corrected chi connectivity index (χ0v) is 12.1. The molecule has 5 heteroatoms. The predicted molar refractivity (Wildman–Crippen MR) is 78.0 cm³/mol. The summed E-state index contributed by atoms with van der Waals surface area (Å²) >= 11 is 1.81. The van der Waals surface area contributed by atoms with Crippen LogP contribution in [-0.2, 0) is 13.0 Å². The fourth-order valence-electron chi connectivity index (χ4n) is 2.75. The molecule has 0 saturated carbocycles. The van der Waals surface area contributed by atoms with E-state index in [1.165, 1.54) is 16.6 Å². The molecule has 0 bridgehead atoms. The number of fused-ring (bicyclic) bond motifs is 1. The largest absolute Gasteiger partial charge is 0.477 e. The van der Waals surface area contributed by atoms with E-state index in [0.29, 0.717) is 12.6 Å². The zero-order valence-electron chi connectivity index (χ0n) is 11.2. The molecule has 0 fully saturated rings. The maximum Gasteiger partial charge on any atom is 0.354 e. The molecule has 2 aromatic heterocycles. The number of rotatable bonds is 3. The lowest BCUT2D eigenvalue weighted by Crippen LogP contribution is -2.33. The van der Waals surface area contributed by atoms with Gasteiger partial charge in [0, 0.05) is 30.2 Å². The molecule has 2 aromatic rings. The number of thiophene rings is 1. The third-order valence-corrected chi connectivity index (χ3v) is 4.87. The minimum Gasteiger partial charge on any atom is -0.477 e. The van der Waals surface area contributed by atoms with Crippen LogP contribution < -0.4 is 0 Å². The van der Waals surface area contributed by atoms with Gasteiger partial charge in [-0.15, -0.1) is 11.3 Å². The number of hydrogen-bond donors (Lipinski definition) is 1. The number of pyridine rings is 1. The Labute approximate surface area is 121 Å². The van der Waals surface area contributed by atoms with Gasteiger partial charge in [-0.3, -0.25) is 4.90 Å². The number of hydrogen-bond acceptors (Lipinski definition) is 4. The van der Waals surface area contributed by atoms with Gasteiger partial charge in [0.15, 0.2) is 5.69 Å². The summed E-state index contributed by atoms with van der Waals surface area (Å²) in [7, 11) is 0. The van der Waals surface area contributed by atoms with E-state index in [-0.39, 0.29) is 5.69 Å². The highest BCUT2D eigenvalue weighted by atomic mass is 32.1. The first-order chi connectivity index (χ1) is 9.66. The van der Waals surface area contributed by atoms with Gasteiger partial charge in [0.2, 0.25) is 0 Å². The van der Waals surface area contributed by atoms with E-state index in [4.69, 9.17) is 0 Å². The Hall–Kier alpha value is -1.72. The van der Waals surface area contributed by atoms with Crippen LogP contribution in [0.15, 0.2) is 29.8 Å². The molecule has 104 valence electrons. The minimum atomic E-state index is -0.957. The average molecular weight is 288 g/mol. The highest BCUT2D eigenvalue weighted by Gasteiger charge is 2.25. The lowest BCUT2D eigenvalue weighted by atomic mass is 10.0. The van der Waals surface area contributed by atoms with Crippen molar-refractivity contribution in [3.63, 3.8) is 0 Å². The predicted octanol–water partition coefficient (Wildman–Crippen LogP) is 2.96. The molecule has 3 rings (SSSR count). The fourth-order valence-corrected chi connectivity index (χ4v) is 3.72. The van der Waals surface area contributed by atoms with Gasteiger partial charge in [0.1, 0.15) is 0 Å². The molecule has 3 heterocycles. The van der Waals surface area contributed by atoms with E-state index >= 15 is 0 Å². The van der Waals surface area contributed by atoms with Crippen LogP contribution in [0.2, 0.25) is 0 Å². The minimum absolute atomic E-state index is 0.163. The first-order valence-electron chi connectivity index (χ1n) is 6.64. The number of carbonyl (C=O) groups is 1. The SMILES string of the molecule is CC1c2ccsc2CCN1Cc1cccnc1C(=O)O. The lowest BCUT2D eigenvalue weighted by Gasteiger charge is -2.33. The van der Waals surface area contributed by atoms with Crippen molar-refractivity contribution in [1.29, 1.82) is 0 Å². The van der Waals surface area contributed by atoms with Crippen molar-refractivity contribution < 1.29 is 9.90 Å². The average Bonchev–Trinajstić information content (AvgIpc) is 2.91. The lowest BCUT2D eigenvalue weighted by molar-refractivity contribution is 0.0686. The third-order valence-electron chi connectivity index (χ3n) is 3.87. The second-order valence-corrected chi connectivity index (χ2v) is 6.01. The second kappa shape index (κ2) is 5.34. The number of carboxylic acids is 1. The summed E-state index contributed by atoms with van der Waals surface area (Å²) in [6, 6.07) is 6.16. The zero-order chi connectivity index (χ0) is 14.1. The highest BCUT2D eigenvalue weighted by molar-refractivity contribution is 7.10. The molecular weight excluding hydrogens is 272 g/mol. The summed E-state index contributed by atoms with van der Waals surface area (Å²) in [5.74, 6) is -0.957. The Morgan fingerprint density at radius 3 is 3.20 bits per heavy atom. The van der Waals surface area contributed by atoms with Crippen molar-refractivity contribution >= 4 is 17.3 Å². The maximum absolute atomic E-state index is 11.2. The van der Waals surface area contributed by atoms with Crippen LogP contribution in [0, 0.1) is 0 Å². The summed E-state index contributed by atoms with van der Waals surface area (Å²) in [6.07, 6.45) is 2.57. The Morgan fingerprint density at radius 2 is 2.40 bits per heavy atom. The molecule has 0 amide bonds. The Morgan fingerprint density at radius 1 is 1.55 bits per heavy atom. The summed E-state index contributed by atoms with van der Waals surface area (Å²) < 4.78 is 0. The van der Waals surface area contributed by atoms with Gasteiger partial charge in [-0.05, 0) is 42.0 Å². The Balaban J connectivity index is 1.85. The number of aromatic nitrogens is 1. The summed E-state index contributed by atoms with van der Waals surface area (Å²) in [5, 5.41) is 11.3. The van der Waals surface area contributed by atoms with Crippen molar-refractivity contribution in [3.8, 4) is 0 Å². The number of nitrogens with zero attached hydrogens (tertiary/aromatic N) is 2. The van der Waals surface area contributed by atoms with Crippen LogP contribution in [0.5, 0.6) is 0 Å². The molecule has 1 atom stereocenters. The van der Waals surface area contributed by atoms with Crippen LogP contribution in [0.25, 0.3) is 0 Å². The normalized spacial score (nSPS) is 18.8. The molecule has 1 aliphatic rings. The Bertz CT molecular complexity index is 638. The molecule has 0 saturated heterocycles. The van der Waals surface area contributed by atoms with Gasteiger partial charge >= 0.3 is 5.97 Å². The van der Waals surface area contributed by atoms with Crippen molar-refractivity contribution in [2.75, 3.05) is 6.54 Å². The van der Waals surface area contributed by atoms with Crippen molar-refractivity contribution in [2.45, 2.75) is 25.9 Å². The molecule has 0 aliphatic carbocycles. The van der Waals surface area contributed by atoms with Gasteiger partial charge < -0.3 is 5.11 Å². The molecule has 20 heavy (non-hydrogen) atoms. The van der Waals surface area contributed by atoms with Gasteiger partial charge in [0.05, 0.1) is 0 Å². The molecule has 0 aromatic carbocycles. The molecule has 1 N–H and O–H groups in total. The summed E-state index contributed by atoms with van der Waals surface area (Å²) in [5.41, 5.74) is 2.32. The van der Waals surface area contributed by atoms with Gasteiger partial charge in [-0.1, -0.05) is 6.07 Å². The molecular formula is C15H16N2O2S. The number of carboxylic acid groups (broad SMARTS) is 1. The summed E-state index contributed by atoms with van der Waals surface area (Å²) in [4.78, 5) is 19.0. The third kappa shape index (κ3) is 2.34. The van der Waals surface area contributed by atoms with E-state index < -0.39 is 5.97 Å². The standard InChI is InChI=1S/C15H16N2O2S/c1-10-12-5-8-20-13(12)4-7-17(10)9-11-3-2-6-16-14(11)15(18)19/h2-3,5-6,8,10H,4,7,9H2,1H3,(H,18,19). The van der Waals surface area contributed by atoms with E-state index in [0.717, 1.165) is 18.5 Å². The molecule has 4 nitrogen and oxygen atoms in total. The Kier molecular flexibility index (Phi) is 3.54. The van der Waals surface area contributed by atoms with Gasteiger partial charge in [-0.2, -0.15) is 0 Å². The van der Waals surface area contributed by atoms with Crippen LogP contribution in [0.1, 0.15) is 39.5 Å². The van der Waals surface area contributed by atoms with Crippen LogP contribution in [-0.4, -0.2) is 27.5 Å². The highest BCUT2D eigenvalue weighted by Crippen LogP contribution is 2.33. The topological polar surface area (TPSA) is 53.4 Å². The van der Waals surface area contributed by atoms with Crippen LogP contribution >= 0.6 is 11.3 Å². The molecule has 1 aliphatic heterocycles. The molecule has 1 unspecified atom stereocenters. The van der Waals surface area contributed by atoms with Crippen molar-refractivity contribution in [1.82, 2.24) is 9.88 Å². The van der Waals surface area contributed by atoms with E-state index in [1.807, 2.05) is 17.4 Å². The smallest absolute Gasteiger partial charge is 0.354 e. The molecule has 0 radical (unpaired) electrons. The van der Waals surface area contributed by atoms with E-state index in [9.17, 15) is 9.90 Å². The van der Waals surface area contributed by atoms with E-state index in [2.05, 4.69) is 28.3 Å². The van der Waals surface area contributed by atoms with Crippen molar-refractivity contribution in [2.24, 2.45) is 0 Å². The summed E-state index contributed by atoms with van der Waals surface area (Å²) in [6.45, 7) is 3.77. The quantitative estimate of drug-likeness (QED) is 0.943. The molecule has 0 spiro atoms. The fraction of sp³-hybridized carbons (Fsp3) is 0.333.